The van der Waals surface area contributed by atoms with E-state index < -0.39 is 10.0 Å². The molecule has 0 atom stereocenters. The fourth-order valence-corrected chi connectivity index (χ4v) is 2.93. The van der Waals surface area contributed by atoms with Gasteiger partial charge in [-0.15, -0.1) is 5.10 Å². The molecule has 1 amide bonds. The van der Waals surface area contributed by atoms with E-state index in [0.717, 1.165) is 12.8 Å². The first-order valence-electron chi connectivity index (χ1n) is 6.57. The normalized spacial score (nSPS) is 17.4. The van der Waals surface area contributed by atoms with Crippen molar-refractivity contribution >= 4 is 15.9 Å². The summed E-state index contributed by atoms with van der Waals surface area (Å²) in [6, 6.07) is 0. The van der Waals surface area contributed by atoms with Gasteiger partial charge in [0.2, 0.25) is 15.8 Å². The number of aromatic amines is 1. The Bertz CT molecular complexity index is 575. The molecule has 0 spiro atoms. The molecule has 0 aliphatic carbocycles. The third-order valence-electron chi connectivity index (χ3n) is 3.20. The van der Waals surface area contributed by atoms with Gasteiger partial charge in [-0.05, 0) is 6.42 Å². The molecular weight excluding hydrogens is 282 g/mol. The van der Waals surface area contributed by atoms with Crippen molar-refractivity contribution < 1.29 is 13.2 Å². The van der Waals surface area contributed by atoms with Crippen molar-refractivity contribution in [2.75, 3.05) is 32.4 Å². The minimum absolute atomic E-state index is 0.154. The van der Waals surface area contributed by atoms with E-state index in [9.17, 15) is 13.2 Å². The molecule has 2 heterocycles. The van der Waals surface area contributed by atoms with Crippen LogP contribution in [0.5, 0.6) is 0 Å². The lowest BCUT2D eigenvalue weighted by Gasteiger charge is -2.32. The van der Waals surface area contributed by atoms with Crippen LogP contribution in [0.4, 0.5) is 0 Å². The van der Waals surface area contributed by atoms with Gasteiger partial charge >= 0.3 is 0 Å². The van der Waals surface area contributed by atoms with Crippen LogP contribution in [0.1, 0.15) is 29.8 Å². The number of H-pyrrole nitrogens is 1. The highest BCUT2D eigenvalue weighted by atomic mass is 32.2. The maximum atomic E-state index is 12.2. The number of sulfonamides is 1. The third kappa shape index (κ3) is 3.34. The fraction of sp³-hybridized carbons (Fsp3) is 0.727. The number of carbonyl (C=O) groups is 1. The Morgan fingerprint density at radius 3 is 2.50 bits per heavy atom. The van der Waals surface area contributed by atoms with E-state index in [4.69, 9.17) is 0 Å². The molecule has 20 heavy (non-hydrogen) atoms. The molecule has 1 aliphatic rings. The summed E-state index contributed by atoms with van der Waals surface area (Å²) in [5.41, 5.74) is 0. The molecule has 1 aromatic rings. The zero-order valence-corrected chi connectivity index (χ0v) is 12.5. The van der Waals surface area contributed by atoms with Gasteiger partial charge < -0.3 is 4.90 Å². The van der Waals surface area contributed by atoms with Crippen molar-refractivity contribution in [3.8, 4) is 0 Å². The minimum atomic E-state index is -3.18. The molecular formula is C11H19N5O3S. The summed E-state index contributed by atoms with van der Waals surface area (Å²) in [6.45, 7) is 3.38. The number of carbonyl (C=O) groups excluding carboxylic acids is 1. The summed E-state index contributed by atoms with van der Waals surface area (Å²) in [4.78, 5) is 17.9. The van der Waals surface area contributed by atoms with Crippen LogP contribution in [-0.2, 0) is 16.4 Å². The van der Waals surface area contributed by atoms with Crippen LogP contribution < -0.4 is 0 Å². The summed E-state index contributed by atoms with van der Waals surface area (Å²) in [7, 11) is -3.18. The first-order valence-corrected chi connectivity index (χ1v) is 8.42. The molecule has 8 nitrogen and oxygen atoms in total. The maximum Gasteiger partial charge on any atom is 0.293 e. The van der Waals surface area contributed by atoms with Crippen LogP contribution in [-0.4, -0.2) is 71.1 Å². The van der Waals surface area contributed by atoms with Crippen molar-refractivity contribution in [3.63, 3.8) is 0 Å². The van der Waals surface area contributed by atoms with E-state index in [1.54, 1.807) is 4.90 Å². The first-order chi connectivity index (χ1) is 9.41. The highest BCUT2D eigenvalue weighted by molar-refractivity contribution is 7.88. The number of piperazine rings is 1. The molecule has 2 rings (SSSR count). The van der Waals surface area contributed by atoms with Crippen molar-refractivity contribution in [3.05, 3.63) is 11.6 Å². The number of amides is 1. The number of hydrogen-bond donors (Lipinski definition) is 1. The average Bonchev–Trinajstić information content (AvgIpc) is 2.86. The van der Waals surface area contributed by atoms with Crippen LogP contribution in [0.3, 0.4) is 0 Å². The summed E-state index contributed by atoms with van der Waals surface area (Å²) < 4.78 is 24.2. The molecule has 1 saturated heterocycles. The van der Waals surface area contributed by atoms with Gasteiger partial charge in [0.1, 0.15) is 5.82 Å². The lowest BCUT2D eigenvalue weighted by atomic mass is 10.3. The number of nitrogens with one attached hydrogen (secondary N) is 1. The molecule has 0 radical (unpaired) electrons. The van der Waals surface area contributed by atoms with Crippen molar-refractivity contribution in [2.24, 2.45) is 0 Å². The van der Waals surface area contributed by atoms with E-state index >= 15 is 0 Å². The second-order valence-electron chi connectivity index (χ2n) is 4.81. The van der Waals surface area contributed by atoms with Crippen molar-refractivity contribution in [1.29, 1.82) is 0 Å². The monoisotopic (exact) mass is 301 g/mol. The van der Waals surface area contributed by atoms with Crippen LogP contribution >= 0.6 is 0 Å². The zero-order valence-electron chi connectivity index (χ0n) is 11.7. The Morgan fingerprint density at radius 2 is 1.95 bits per heavy atom. The third-order valence-corrected chi connectivity index (χ3v) is 4.51. The predicted octanol–water partition coefficient (Wildman–Crippen LogP) is -0.525. The highest BCUT2D eigenvalue weighted by Crippen LogP contribution is 2.09. The van der Waals surface area contributed by atoms with Crippen LogP contribution in [0.15, 0.2) is 0 Å². The average molecular weight is 301 g/mol. The van der Waals surface area contributed by atoms with Crippen molar-refractivity contribution in [2.45, 2.75) is 19.8 Å². The van der Waals surface area contributed by atoms with E-state index in [1.807, 2.05) is 6.92 Å². The molecule has 1 aliphatic heterocycles. The molecule has 1 fully saturated rings. The number of aryl methyl sites for hydroxylation is 1. The molecule has 1 N–H and O–H groups in total. The van der Waals surface area contributed by atoms with Crippen LogP contribution in [0.25, 0.3) is 0 Å². The standard InChI is InChI=1S/C11H19N5O3S/c1-3-4-9-12-10(14-13-9)11(17)15-5-7-16(8-6-15)20(2,18)19/h3-8H2,1-2H3,(H,12,13,14). The van der Waals surface area contributed by atoms with E-state index in [0.29, 0.717) is 32.0 Å². The minimum Gasteiger partial charge on any atom is -0.333 e. The van der Waals surface area contributed by atoms with E-state index in [1.165, 1.54) is 10.6 Å². The molecule has 0 unspecified atom stereocenters. The predicted molar refractivity (Wildman–Crippen MR) is 72.7 cm³/mol. The second kappa shape index (κ2) is 5.88. The summed E-state index contributed by atoms with van der Waals surface area (Å²) >= 11 is 0. The van der Waals surface area contributed by atoms with Gasteiger partial charge in [0.25, 0.3) is 5.91 Å². The molecule has 0 saturated carbocycles. The number of hydrogen-bond acceptors (Lipinski definition) is 5. The number of rotatable bonds is 4. The zero-order chi connectivity index (χ0) is 14.8. The van der Waals surface area contributed by atoms with Gasteiger partial charge in [0, 0.05) is 32.6 Å². The van der Waals surface area contributed by atoms with E-state index in [-0.39, 0.29) is 11.7 Å². The number of nitrogens with zero attached hydrogens (tertiary/aromatic N) is 4. The van der Waals surface area contributed by atoms with Crippen LogP contribution in [0, 0.1) is 0 Å². The quantitative estimate of drug-likeness (QED) is 0.806. The second-order valence-corrected chi connectivity index (χ2v) is 6.79. The maximum absolute atomic E-state index is 12.2. The van der Waals surface area contributed by atoms with Gasteiger partial charge in [0.05, 0.1) is 6.26 Å². The van der Waals surface area contributed by atoms with Gasteiger partial charge in [-0.1, -0.05) is 6.92 Å². The van der Waals surface area contributed by atoms with Gasteiger partial charge in [-0.3, -0.25) is 9.89 Å². The summed E-state index contributed by atoms with van der Waals surface area (Å²) in [6.07, 6.45) is 2.86. The van der Waals surface area contributed by atoms with Crippen LogP contribution in [0.2, 0.25) is 0 Å². The molecule has 112 valence electrons. The Morgan fingerprint density at radius 1 is 1.30 bits per heavy atom. The summed E-state index contributed by atoms with van der Waals surface area (Å²) in [5.74, 6) is 0.601. The molecule has 0 aromatic carbocycles. The fourth-order valence-electron chi connectivity index (χ4n) is 2.10. The largest absolute Gasteiger partial charge is 0.333 e. The highest BCUT2D eigenvalue weighted by Gasteiger charge is 2.28. The lowest BCUT2D eigenvalue weighted by Crippen LogP contribution is -2.50. The molecule has 1 aromatic heterocycles. The Labute approximate surface area is 118 Å². The summed E-state index contributed by atoms with van der Waals surface area (Å²) in [5, 5.41) is 6.66. The lowest BCUT2D eigenvalue weighted by molar-refractivity contribution is 0.0686. The number of aromatic nitrogens is 3. The molecule has 9 heteroatoms. The molecule has 0 bridgehead atoms. The smallest absolute Gasteiger partial charge is 0.293 e. The van der Waals surface area contributed by atoms with Gasteiger partial charge in [-0.25, -0.2) is 13.4 Å². The topological polar surface area (TPSA) is 99.3 Å². The Balaban J connectivity index is 1.97. The SMILES string of the molecule is CCCc1nc(C(=O)N2CCN(S(C)(=O)=O)CC2)n[nH]1. The van der Waals surface area contributed by atoms with Crippen molar-refractivity contribution in [1.82, 2.24) is 24.4 Å². The van der Waals surface area contributed by atoms with Gasteiger partial charge in [0.15, 0.2) is 0 Å². The Hall–Kier alpha value is -1.48. The first kappa shape index (κ1) is 14.9. The van der Waals surface area contributed by atoms with E-state index in [2.05, 4.69) is 15.2 Å². The van der Waals surface area contributed by atoms with Gasteiger partial charge in [-0.2, -0.15) is 4.31 Å². The Kier molecular flexibility index (Phi) is 4.39.